The van der Waals surface area contributed by atoms with Crippen LogP contribution in [0.4, 0.5) is 5.69 Å². The lowest BCUT2D eigenvalue weighted by atomic mass is 10.1. The summed E-state index contributed by atoms with van der Waals surface area (Å²) in [5.74, 6) is 1.83. The smallest absolute Gasteiger partial charge is 0.238 e. The second-order valence-electron chi connectivity index (χ2n) is 5.83. The summed E-state index contributed by atoms with van der Waals surface area (Å²) >= 11 is 7.96. The van der Waals surface area contributed by atoms with Gasteiger partial charge in [-0.05, 0) is 30.3 Å². The zero-order chi connectivity index (χ0) is 17.9. The molecule has 1 atom stereocenters. The Labute approximate surface area is 161 Å². The van der Waals surface area contributed by atoms with Gasteiger partial charge in [0.15, 0.2) is 5.75 Å². The minimum Gasteiger partial charge on any atom is -0.455 e. The molecule has 0 N–H and O–H groups in total. The summed E-state index contributed by atoms with van der Waals surface area (Å²) in [5, 5.41) is 0.489. The Bertz CT molecular complexity index is 932. The highest BCUT2D eigenvalue weighted by Crippen LogP contribution is 2.47. The molecular weight excluding hydrogens is 366 g/mol. The van der Waals surface area contributed by atoms with Crippen molar-refractivity contribution >= 4 is 35.0 Å². The highest BCUT2D eigenvalue weighted by molar-refractivity contribution is 8.00. The molecule has 1 heterocycles. The standard InChI is InChI=1S/C21H16ClNO2S/c22-17-11-5-4-10-16(17)21-23(20(24)14-26-21)18-12-6-7-13-19(18)25-15-8-2-1-3-9-15/h1-13,21H,14H2. The van der Waals surface area contributed by atoms with E-state index in [9.17, 15) is 4.79 Å². The molecule has 1 saturated heterocycles. The van der Waals surface area contributed by atoms with E-state index in [1.807, 2.05) is 78.9 Å². The molecule has 26 heavy (non-hydrogen) atoms. The predicted octanol–water partition coefficient (Wildman–Crippen LogP) is 5.91. The molecule has 0 aliphatic carbocycles. The van der Waals surface area contributed by atoms with E-state index >= 15 is 0 Å². The Kier molecular flexibility index (Phi) is 4.87. The minimum atomic E-state index is -0.170. The fourth-order valence-corrected chi connectivity index (χ4v) is 4.46. The fourth-order valence-electron chi connectivity index (χ4n) is 2.95. The van der Waals surface area contributed by atoms with Crippen LogP contribution in [0, 0.1) is 0 Å². The molecule has 0 aromatic heterocycles. The highest BCUT2D eigenvalue weighted by atomic mass is 35.5. The van der Waals surface area contributed by atoms with Gasteiger partial charge in [0.05, 0.1) is 11.4 Å². The molecule has 1 fully saturated rings. The Morgan fingerprint density at radius 3 is 2.42 bits per heavy atom. The van der Waals surface area contributed by atoms with E-state index in [1.165, 1.54) is 0 Å². The lowest BCUT2D eigenvalue weighted by molar-refractivity contribution is -0.115. The first-order chi connectivity index (χ1) is 12.7. The van der Waals surface area contributed by atoms with Crippen LogP contribution in [-0.4, -0.2) is 11.7 Å². The van der Waals surface area contributed by atoms with Crippen LogP contribution in [0.2, 0.25) is 5.02 Å². The van der Waals surface area contributed by atoms with Gasteiger partial charge in [-0.3, -0.25) is 9.69 Å². The van der Waals surface area contributed by atoms with E-state index in [0.717, 1.165) is 17.0 Å². The summed E-state index contributed by atoms with van der Waals surface area (Å²) in [4.78, 5) is 14.5. The van der Waals surface area contributed by atoms with Crippen molar-refractivity contribution in [2.75, 3.05) is 10.7 Å². The number of halogens is 1. The third kappa shape index (κ3) is 3.30. The number of ether oxygens (including phenoxy) is 1. The number of anilines is 1. The van der Waals surface area contributed by atoms with Gasteiger partial charge in [-0.25, -0.2) is 0 Å². The van der Waals surface area contributed by atoms with Crippen LogP contribution in [0.1, 0.15) is 10.9 Å². The summed E-state index contributed by atoms with van der Waals surface area (Å²) in [6, 6.07) is 24.8. The fraction of sp³-hybridized carbons (Fsp3) is 0.0952. The maximum atomic E-state index is 12.7. The third-order valence-electron chi connectivity index (χ3n) is 4.13. The molecular formula is C21H16ClNO2S. The third-order valence-corrected chi connectivity index (χ3v) is 5.67. The summed E-state index contributed by atoms with van der Waals surface area (Å²) in [7, 11) is 0. The van der Waals surface area contributed by atoms with Crippen LogP contribution in [0.25, 0.3) is 0 Å². The van der Waals surface area contributed by atoms with Gasteiger partial charge in [0.25, 0.3) is 0 Å². The minimum absolute atomic E-state index is 0.0454. The number of benzene rings is 3. The number of nitrogens with zero attached hydrogens (tertiary/aromatic N) is 1. The topological polar surface area (TPSA) is 29.5 Å². The number of hydrogen-bond donors (Lipinski definition) is 0. The van der Waals surface area contributed by atoms with E-state index in [0.29, 0.717) is 16.5 Å². The summed E-state index contributed by atoms with van der Waals surface area (Å²) < 4.78 is 6.05. The number of amides is 1. The van der Waals surface area contributed by atoms with E-state index in [1.54, 1.807) is 16.7 Å². The van der Waals surface area contributed by atoms with E-state index in [2.05, 4.69) is 0 Å². The van der Waals surface area contributed by atoms with Crippen LogP contribution in [0.15, 0.2) is 78.9 Å². The summed E-state index contributed by atoms with van der Waals surface area (Å²) in [6.45, 7) is 0. The van der Waals surface area contributed by atoms with Crippen molar-refractivity contribution in [2.24, 2.45) is 0 Å². The van der Waals surface area contributed by atoms with Crippen LogP contribution in [0.5, 0.6) is 11.5 Å². The first-order valence-corrected chi connectivity index (χ1v) is 9.67. The molecule has 0 radical (unpaired) electrons. The molecule has 1 aliphatic heterocycles. The Morgan fingerprint density at radius 2 is 1.62 bits per heavy atom. The van der Waals surface area contributed by atoms with Crippen LogP contribution in [0.3, 0.4) is 0 Å². The monoisotopic (exact) mass is 381 g/mol. The van der Waals surface area contributed by atoms with E-state index < -0.39 is 0 Å². The van der Waals surface area contributed by atoms with Gasteiger partial charge in [0, 0.05) is 10.6 Å². The van der Waals surface area contributed by atoms with Crippen molar-refractivity contribution in [3.05, 3.63) is 89.4 Å². The molecule has 3 aromatic carbocycles. The van der Waals surface area contributed by atoms with Crippen molar-refractivity contribution in [3.8, 4) is 11.5 Å². The molecule has 3 nitrogen and oxygen atoms in total. The maximum Gasteiger partial charge on any atom is 0.238 e. The van der Waals surface area contributed by atoms with Crippen molar-refractivity contribution in [1.82, 2.24) is 0 Å². The predicted molar refractivity (Wildman–Crippen MR) is 107 cm³/mol. The molecule has 0 saturated carbocycles. The van der Waals surface area contributed by atoms with Gasteiger partial charge in [-0.2, -0.15) is 0 Å². The first kappa shape index (κ1) is 17.0. The van der Waals surface area contributed by atoms with Crippen molar-refractivity contribution < 1.29 is 9.53 Å². The summed E-state index contributed by atoms with van der Waals surface area (Å²) in [6.07, 6.45) is 0. The molecule has 3 aromatic rings. The second-order valence-corrected chi connectivity index (χ2v) is 7.31. The number of carbonyl (C=O) groups excluding carboxylic acids is 1. The molecule has 5 heteroatoms. The number of rotatable bonds is 4. The molecule has 130 valence electrons. The average molecular weight is 382 g/mol. The number of thioether (sulfide) groups is 1. The molecule has 1 amide bonds. The van der Waals surface area contributed by atoms with Crippen LogP contribution < -0.4 is 9.64 Å². The number of hydrogen-bond acceptors (Lipinski definition) is 3. The normalized spacial score (nSPS) is 16.7. The Morgan fingerprint density at radius 1 is 0.923 bits per heavy atom. The largest absolute Gasteiger partial charge is 0.455 e. The van der Waals surface area contributed by atoms with Gasteiger partial charge in [-0.1, -0.05) is 60.1 Å². The number of para-hydroxylation sites is 3. The van der Waals surface area contributed by atoms with Crippen LogP contribution in [-0.2, 0) is 4.79 Å². The van der Waals surface area contributed by atoms with Gasteiger partial charge in [0.2, 0.25) is 5.91 Å². The molecule has 0 bridgehead atoms. The molecule has 0 spiro atoms. The molecule has 1 aliphatic rings. The average Bonchev–Trinajstić information content (AvgIpc) is 3.05. The lowest BCUT2D eigenvalue weighted by Gasteiger charge is -2.26. The maximum absolute atomic E-state index is 12.7. The quantitative estimate of drug-likeness (QED) is 0.562. The zero-order valence-corrected chi connectivity index (χ0v) is 15.4. The van der Waals surface area contributed by atoms with Gasteiger partial charge in [0.1, 0.15) is 11.1 Å². The SMILES string of the molecule is O=C1CSC(c2ccccc2Cl)N1c1ccccc1Oc1ccccc1. The van der Waals surface area contributed by atoms with Crippen molar-refractivity contribution in [3.63, 3.8) is 0 Å². The lowest BCUT2D eigenvalue weighted by Crippen LogP contribution is -2.28. The second kappa shape index (κ2) is 7.44. The van der Waals surface area contributed by atoms with E-state index in [4.69, 9.17) is 16.3 Å². The Balaban J connectivity index is 1.74. The Hall–Kier alpha value is -2.43. The zero-order valence-electron chi connectivity index (χ0n) is 13.8. The molecule has 1 unspecified atom stereocenters. The van der Waals surface area contributed by atoms with Crippen LogP contribution >= 0.6 is 23.4 Å². The number of carbonyl (C=O) groups is 1. The van der Waals surface area contributed by atoms with E-state index in [-0.39, 0.29) is 11.3 Å². The van der Waals surface area contributed by atoms with Gasteiger partial charge in [-0.15, -0.1) is 11.8 Å². The van der Waals surface area contributed by atoms with Gasteiger partial charge < -0.3 is 4.74 Å². The summed E-state index contributed by atoms with van der Waals surface area (Å²) in [5.41, 5.74) is 1.68. The molecule has 4 rings (SSSR count). The van der Waals surface area contributed by atoms with Gasteiger partial charge >= 0.3 is 0 Å². The van der Waals surface area contributed by atoms with Crippen molar-refractivity contribution in [1.29, 1.82) is 0 Å². The first-order valence-electron chi connectivity index (χ1n) is 8.24. The highest BCUT2D eigenvalue weighted by Gasteiger charge is 2.36. The van der Waals surface area contributed by atoms with Crippen molar-refractivity contribution in [2.45, 2.75) is 5.37 Å².